The van der Waals surface area contributed by atoms with Crippen LogP contribution in [0.25, 0.3) is 0 Å². The number of rotatable bonds is 3. The highest BCUT2D eigenvalue weighted by molar-refractivity contribution is 8.85. The monoisotopic (exact) mass is 618 g/mol. The first-order valence-corrected chi connectivity index (χ1v) is 19.9. The van der Waals surface area contributed by atoms with Crippen molar-refractivity contribution >= 4 is 116 Å². The molecule has 10 heteroatoms. The lowest BCUT2D eigenvalue weighted by atomic mass is 9.84. The zero-order valence-electron chi connectivity index (χ0n) is 20.5. The largest absolute Gasteiger partial charge is 0.126 e. The first-order valence-electron chi connectivity index (χ1n) is 11.3. The topological polar surface area (TPSA) is 0 Å². The molecule has 0 spiro atoms. The smallest absolute Gasteiger partial charge is 0.121 e. The molecule has 32 heavy (non-hydrogen) atoms. The SMILES string of the molecule is CC12CC3(SSC45CC6(C)S[C@@](C)(S4)C(C)(C)[C@](C)(S6)S5)S[C@](C)(S1)C(C)(C)[C@](C)(S2)S3. The Balaban J connectivity index is 1.33. The van der Waals surface area contributed by atoms with Gasteiger partial charge in [0.15, 0.2) is 0 Å². The van der Waals surface area contributed by atoms with Crippen LogP contribution in [-0.4, -0.2) is 31.3 Å². The molecule has 4 unspecified atom stereocenters. The summed E-state index contributed by atoms with van der Waals surface area (Å²) in [6.07, 6.45) is 2.60. The molecule has 0 N–H and O–H groups in total. The van der Waals surface area contributed by atoms with Crippen molar-refractivity contribution in [1.82, 2.24) is 0 Å². The fourth-order valence-electron chi connectivity index (χ4n) is 6.18. The Morgan fingerprint density at radius 1 is 0.406 bits per heavy atom. The van der Waals surface area contributed by atoms with Gasteiger partial charge in [0.25, 0.3) is 0 Å². The van der Waals surface area contributed by atoms with E-state index in [0.29, 0.717) is 19.0 Å². The average molecular weight is 619 g/mol. The van der Waals surface area contributed by atoms with Gasteiger partial charge in [0.1, 0.15) is 6.82 Å². The van der Waals surface area contributed by atoms with Gasteiger partial charge < -0.3 is 0 Å². The molecule has 8 bridgehead atoms. The Morgan fingerprint density at radius 2 is 0.656 bits per heavy atom. The van der Waals surface area contributed by atoms with Crippen LogP contribution in [0.3, 0.4) is 0 Å². The molecule has 0 saturated carbocycles. The highest BCUT2D eigenvalue weighted by atomic mass is 33.1. The van der Waals surface area contributed by atoms with Crippen LogP contribution in [0, 0.1) is 10.8 Å². The maximum absolute atomic E-state index is 2.56. The number of thioether (sulfide) groups is 8. The summed E-state index contributed by atoms with van der Waals surface area (Å²) in [6, 6.07) is 0. The van der Waals surface area contributed by atoms with Gasteiger partial charge >= 0.3 is 0 Å². The van der Waals surface area contributed by atoms with Gasteiger partial charge in [-0.15, -0.1) is 94.1 Å². The quantitative estimate of drug-likeness (QED) is 0.279. The van der Waals surface area contributed by atoms with Crippen LogP contribution in [0.1, 0.15) is 82.1 Å². The minimum atomic E-state index is 0.262. The Morgan fingerprint density at radius 3 is 0.906 bits per heavy atom. The Hall–Kier alpha value is 3.50. The van der Waals surface area contributed by atoms with Crippen molar-refractivity contribution in [2.24, 2.45) is 10.8 Å². The first-order chi connectivity index (χ1) is 14.3. The van der Waals surface area contributed by atoms with E-state index in [-0.39, 0.29) is 23.1 Å². The molecule has 0 aliphatic carbocycles. The summed E-state index contributed by atoms with van der Waals surface area (Å²) in [7, 11) is 4.54. The molecule has 8 saturated heterocycles. The van der Waals surface area contributed by atoms with Gasteiger partial charge in [-0.2, -0.15) is 0 Å². The van der Waals surface area contributed by atoms with Crippen LogP contribution in [0.5, 0.6) is 0 Å². The fourth-order valence-corrected chi connectivity index (χ4v) is 37.9. The van der Waals surface area contributed by atoms with E-state index in [1.807, 2.05) is 0 Å². The molecule has 0 aromatic rings. The third-order valence-corrected chi connectivity index (χ3v) is 30.4. The molecule has 8 atom stereocenters. The van der Waals surface area contributed by atoms with Crippen LogP contribution in [0.15, 0.2) is 0 Å². The summed E-state index contributed by atoms with van der Waals surface area (Å²) in [4.78, 5) is 0. The molecule has 0 amide bonds. The van der Waals surface area contributed by atoms with E-state index in [2.05, 4.69) is 185 Å². The highest BCUT2D eigenvalue weighted by Gasteiger charge is 2.77. The third-order valence-electron chi connectivity index (χ3n) is 8.96. The lowest BCUT2D eigenvalue weighted by molar-refractivity contribution is 0.298. The van der Waals surface area contributed by atoms with E-state index >= 15 is 0 Å². The lowest BCUT2D eigenvalue weighted by Gasteiger charge is -2.74. The predicted molar refractivity (Wildman–Crippen MR) is 169 cm³/mol. The van der Waals surface area contributed by atoms with Crippen LogP contribution < -0.4 is 0 Å². The van der Waals surface area contributed by atoms with Crippen LogP contribution in [-0.2, 0) is 0 Å². The van der Waals surface area contributed by atoms with Gasteiger partial charge in [0, 0.05) is 23.7 Å². The molecule has 8 aliphatic heterocycles. The van der Waals surface area contributed by atoms with Crippen LogP contribution >= 0.6 is 116 Å². The molecule has 0 nitrogen and oxygen atoms in total. The molecular weight excluding hydrogens is 585 g/mol. The fraction of sp³-hybridized carbons (Fsp3) is 1.00. The van der Waals surface area contributed by atoms with Crippen molar-refractivity contribution in [1.29, 1.82) is 0 Å². The highest BCUT2D eigenvalue weighted by Crippen LogP contribution is 2.92. The Bertz CT molecular complexity index is 781. The summed E-state index contributed by atoms with van der Waals surface area (Å²) < 4.78 is 2.30. The van der Waals surface area contributed by atoms with E-state index < -0.39 is 0 Å². The van der Waals surface area contributed by atoms with Crippen molar-refractivity contribution in [3.63, 3.8) is 0 Å². The van der Waals surface area contributed by atoms with Crippen molar-refractivity contribution in [2.45, 2.75) is 113 Å². The normalized spacial score (nSPS) is 63.2. The van der Waals surface area contributed by atoms with E-state index in [1.165, 1.54) is 12.8 Å². The molecule has 8 rings (SSSR count). The number of hydrogen-bond donors (Lipinski definition) is 0. The standard InChI is InChI=1S/C22H34S10/c1-13(2)17(7)23-15(5)11-21(27-17,28-18(13,8)24-15)31-32-22-12-16(6)25-19(9,29-22)14(3,4)20(10,26-16)30-22/h11-12H2,1-10H3/t15?,16?,17-,18+,19-,20+,21?,22?. The van der Waals surface area contributed by atoms with Gasteiger partial charge in [-0.05, 0) is 41.5 Å². The molecule has 182 valence electrons. The second-order valence-corrected chi connectivity index (χ2v) is 32.4. The Labute approximate surface area is 237 Å². The molecule has 0 radical (unpaired) electrons. The molecule has 0 aromatic carbocycles. The zero-order chi connectivity index (χ0) is 23.5. The molecule has 0 aromatic heterocycles. The van der Waals surface area contributed by atoms with Crippen LogP contribution in [0.4, 0.5) is 0 Å². The molecule has 8 heterocycles. The van der Waals surface area contributed by atoms with Crippen LogP contribution in [0.2, 0.25) is 0 Å². The van der Waals surface area contributed by atoms with Crippen molar-refractivity contribution in [3.05, 3.63) is 0 Å². The third kappa shape index (κ3) is 3.12. The van der Waals surface area contributed by atoms with Crippen molar-refractivity contribution in [3.8, 4) is 0 Å². The molecule has 8 fully saturated rings. The maximum atomic E-state index is 2.56. The van der Waals surface area contributed by atoms with E-state index in [4.69, 9.17) is 0 Å². The van der Waals surface area contributed by atoms with Crippen molar-refractivity contribution < 1.29 is 0 Å². The van der Waals surface area contributed by atoms with E-state index in [1.54, 1.807) is 0 Å². The Kier molecular flexibility index (Phi) is 5.47. The molecular formula is C22H34S10. The second-order valence-electron chi connectivity index (χ2n) is 12.0. The van der Waals surface area contributed by atoms with Gasteiger partial charge in [0.05, 0.1) is 24.5 Å². The number of hydrogen-bond acceptors (Lipinski definition) is 10. The van der Waals surface area contributed by atoms with E-state index in [9.17, 15) is 0 Å². The summed E-state index contributed by atoms with van der Waals surface area (Å²) in [5.41, 5.74) is 0.602. The predicted octanol–water partition coefficient (Wildman–Crippen LogP) is 10.8. The first kappa shape index (κ1) is 25.8. The minimum absolute atomic E-state index is 0.262. The van der Waals surface area contributed by atoms with Crippen molar-refractivity contribution in [2.75, 3.05) is 0 Å². The lowest BCUT2D eigenvalue weighted by Crippen LogP contribution is -2.67. The van der Waals surface area contributed by atoms with E-state index in [0.717, 1.165) is 0 Å². The average Bonchev–Trinajstić information content (AvgIpc) is 2.53. The zero-order valence-corrected chi connectivity index (χ0v) is 28.7. The second kappa shape index (κ2) is 6.79. The van der Waals surface area contributed by atoms with Gasteiger partial charge in [-0.3, -0.25) is 0 Å². The maximum Gasteiger partial charge on any atom is 0.121 e. The summed E-state index contributed by atoms with van der Waals surface area (Å²) in [6.45, 7) is 25.4. The summed E-state index contributed by atoms with van der Waals surface area (Å²) in [5.74, 6) is 0. The van der Waals surface area contributed by atoms with Gasteiger partial charge in [-0.25, -0.2) is 0 Å². The van der Waals surface area contributed by atoms with Gasteiger partial charge in [0.2, 0.25) is 0 Å². The summed E-state index contributed by atoms with van der Waals surface area (Å²) in [5, 5.41) is 0. The molecule has 8 aliphatic rings. The summed E-state index contributed by atoms with van der Waals surface area (Å²) >= 11 is 18.3. The van der Waals surface area contributed by atoms with Gasteiger partial charge in [-0.1, -0.05) is 49.3 Å². The minimum Gasteiger partial charge on any atom is -0.126 e.